The van der Waals surface area contributed by atoms with Crippen molar-refractivity contribution < 1.29 is 14.3 Å². The van der Waals surface area contributed by atoms with Crippen LogP contribution in [-0.4, -0.2) is 45.9 Å². The van der Waals surface area contributed by atoms with Crippen LogP contribution >= 0.6 is 11.8 Å². The first kappa shape index (κ1) is 22.0. The zero-order valence-corrected chi connectivity index (χ0v) is 18.8. The summed E-state index contributed by atoms with van der Waals surface area (Å²) in [7, 11) is 1.64. The van der Waals surface area contributed by atoms with E-state index >= 15 is 0 Å². The van der Waals surface area contributed by atoms with E-state index in [-0.39, 0.29) is 24.4 Å². The highest BCUT2D eigenvalue weighted by Gasteiger charge is 2.30. The van der Waals surface area contributed by atoms with Crippen molar-refractivity contribution in [3.8, 4) is 5.75 Å². The van der Waals surface area contributed by atoms with Gasteiger partial charge in [0, 0.05) is 17.6 Å². The number of hydrogen-bond donors (Lipinski definition) is 1. The second-order valence-corrected chi connectivity index (χ2v) is 8.65. The van der Waals surface area contributed by atoms with Gasteiger partial charge in [0.2, 0.25) is 11.8 Å². The molecule has 8 heteroatoms. The van der Waals surface area contributed by atoms with Crippen molar-refractivity contribution in [1.29, 1.82) is 0 Å². The van der Waals surface area contributed by atoms with Gasteiger partial charge in [0.25, 0.3) is 0 Å². The molecule has 2 heterocycles. The standard InChI is InChI=1S/C24H26N4O3S/c1-31-20-8-5-7-18(13-20)22-11-6-12-28(22)24(30)16-27-15-19(14-25-27)26-23(29)17-32-21-9-3-2-4-10-21/h2-5,7-10,13-15,22H,6,11-12,16-17H2,1H3,(H,26,29)/t22-/m1/s1. The van der Waals surface area contributed by atoms with E-state index in [1.807, 2.05) is 59.5 Å². The number of thioether (sulfide) groups is 1. The third-order valence-corrected chi connectivity index (χ3v) is 6.39. The second kappa shape index (κ2) is 10.4. The van der Waals surface area contributed by atoms with Crippen LogP contribution in [0.25, 0.3) is 0 Å². The molecule has 1 aromatic heterocycles. The van der Waals surface area contributed by atoms with Gasteiger partial charge >= 0.3 is 0 Å². The number of nitrogens with one attached hydrogen (secondary N) is 1. The molecule has 2 aromatic carbocycles. The smallest absolute Gasteiger partial charge is 0.244 e. The number of carbonyl (C=O) groups is 2. The normalized spacial score (nSPS) is 15.5. The lowest BCUT2D eigenvalue weighted by Crippen LogP contribution is -2.33. The molecule has 0 bridgehead atoms. The van der Waals surface area contributed by atoms with E-state index in [9.17, 15) is 9.59 Å². The number of methoxy groups -OCH3 is 1. The molecule has 1 saturated heterocycles. The zero-order valence-electron chi connectivity index (χ0n) is 17.9. The lowest BCUT2D eigenvalue weighted by molar-refractivity contribution is -0.133. The van der Waals surface area contributed by atoms with E-state index in [1.54, 1.807) is 24.2 Å². The van der Waals surface area contributed by atoms with Gasteiger partial charge in [-0.25, -0.2) is 0 Å². The summed E-state index contributed by atoms with van der Waals surface area (Å²) in [5.41, 5.74) is 1.67. The molecule has 7 nitrogen and oxygen atoms in total. The minimum absolute atomic E-state index is 0.0101. The van der Waals surface area contributed by atoms with Crippen LogP contribution in [-0.2, 0) is 16.1 Å². The predicted octanol–water partition coefficient (Wildman–Crippen LogP) is 3.99. The third-order valence-electron chi connectivity index (χ3n) is 5.38. The Hall–Kier alpha value is -3.26. The number of carbonyl (C=O) groups excluding carboxylic acids is 2. The molecular formula is C24H26N4O3S. The van der Waals surface area contributed by atoms with E-state index < -0.39 is 0 Å². The predicted molar refractivity (Wildman–Crippen MR) is 125 cm³/mol. The molecule has 32 heavy (non-hydrogen) atoms. The number of ether oxygens (including phenoxy) is 1. The minimum atomic E-state index is -0.109. The van der Waals surface area contributed by atoms with E-state index in [4.69, 9.17) is 4.74 Å². The highest BCUT2D eigenvalue weighted by molar-refractivity contribution is 8.00. The Morgan fingerprint density at radius 1 is 1.19 bits per heavy atom. The topological polar surface area (TPSA) is 76.5 Å². The van der Waals surface area contributed by atoms with Gasteiger partial charge in [0.15, 0.2) is 0 Å². The fourth-order valence-corrected chi connectivity index (χ4v) is 4.59. The van der Waals surface area contributed by atoms with Crippen molar-refractivity contribution in [2.45, 2.75) is 30.3 Å². The van der Waals surface area contributed by atoms with Gasteiger partial charge in [-0.1, -0.05) is 30.3 Å². The fraction of sp³-hybridized carbons (Fsp3) is 0.292. The number of anilines is 1. The fourth-order valence-electron chi connectivity index (χ4n) is 3.87. The molecule has 0 radical (unpaired) electrons. The molecule has 3 aromatic rings. The molecule has 4 rings (SSSR count). The number of rotatable bonds is 8. The quantitative estimate of drug-likeness (QED) is 0.525. The van der Waals surface area contributed by atoms with Crippen molar-refractivity contribution in [3.63, 3.8) is 0 Å². The Labute approximate surface area is 191 Å². The van der Waals surface area contributed by atoms with E-state index in [0.29, 0.717) is 11.4 Å². The third kappa shape index (κ3) is 5.50. The molecule has 1 aliphatic heterocycles. The number of aromatic nitrogens is 2. The van der Waals surface area contributed by atoms with Gasteiger partial charge in [0.05, 0.1) is 30.8 Å². The summed E-state index contributed by atoms with van der Waals surface area (Å²) in [5, 5.41) is 7.09. The Bertz CT molecular complexity index is 1070. The average molecular weight is 451 g/mol. The van der Waals surface area contributed by atoms with Crippen molar-refractivity contribution in [2.75, 3.05) is 24.7 Å². The van der Waals surface area contributed by atoms with E-state index in [1.165, 1.54) is 11.8 Å². The summed E-state index contributed by atoms with van der Waals surface area (Å²) in [5.74, 6) is 1.00. The SMILES string of the molecule is COc1cccc([C@H]2CCCN2C(=O)Cn2cc(NC(=O)CSc3ccccc3)cn2)c1. The van der Waals surface area contributed by atoms with Gasteiger partial charge in [-0.3, -0.25) is 14.3 Å². The van der Waals surface area contributed by atoms with Gasteiger partial charge in [-0.2, -0.15) is 5.10 Å². The maximum Gasteiger partial charge on any atom is 0.244 e. The summed E-state index contributed by atoms with van der Waals surface area (Å²) >= 11 is 1.47. The van der Waals surface area contributed by atoms with E-state index in [0.717, 1.165) is 35.6 Å². The number of benzene rings is 2. The van der Waals surface area contributed by atoms with Crippen molar-refractivity contribution in [2.24, 2.45) is 0 Å². The van der Waals surface area contributed by atoms with Gasteiger partial charge in [-0.15, -0.1) is 11.8 Å². The van der Waals surface area contributed by atoms with Crippen LogP contribution in [0.15, 0.2) is 71.9 Å². The largest absolute Gasteiger partial charge is 0.497 e. The number of nitrogens with zero attached hydrogens (tertiary/aromatic N) is 3. The van der Waals surface area contributed by atoms with Crippen molar-refractivity contribution in [3.05, 3.63) is 72.6 Å². The van der Waals surface area contributed by atoms with Gasteiger partial charge in [-0.05, 0) is 42.7 Å². The van der Waals surface area contributed by atoms with E-state index in [2.05, 4.69) is 10.4 Å². The Morgan fingerprint density at radius 2 is 2.03 bits per heavy atom. The molecule has 1 aliphatic rings. The minimum Gasteiger partial charge on any atom is -0.497 e. The molecule has 0 aliphatic carbocycles. The molecule has 1 atom stereocenters. The molecule has 1 fully saturated rings. The molecule has 0 spiro atoms. The van der Waals surface area contributed by atoms with Crippen LogP contribution in [0.5, 0.6) is 5.75 Å². The lowest BCUT2D eigenvalue weighted by atomic mass is 10.0. The molecule has 2 amide bonds. The van der Waals surface area contributed by atoms with Crippen LogP contribution in [0, 0.1) is 0 Å². The summed E-state index contributed by atoms with van der Waals surface area (Å²) in [6.45, 7) is 0.859. The monoisotopic (exact) mass is 450 g/mol. The maximum absolute atomic E-state index is 13.0. The van der Waals surface area contributed by atoms with Crippen LogP contribution in [0.3, 0.4) is 0 Å². The summed E-state index contributed by atoms with van der Waals surface area (Å²) in [6, 6.07) is 17.7. The number of amides is 2. The highest BCUT2D eigenvalue weighted by atomic mass is 32.2. The van der Waals surface area contributed by atoms with Crippen LogP contribution in [0.4, 0.5) is 5.69 Å². The molecular weight excluding hydrogens is 424 g/mol. The van der Waals surface area contributed by atoms with Crippen molar-refractivity contribution >= 4 is 29.3 Å². The first-order chi connectivity index (χ1) is 15.6. The second-order valence-electron chi connectivity index (χ2n) is 7.60. The number of likely N-dealkylation sites (tertiary alicyclic amines) is 1. The van der Waals surface area contributed by atoms with Crippen molar-refractivity contribution in [1.82, 2.24) is 14.7 Å². The highest BCUT2D eigenvalue weighted by Crippen LogP contribution is 2.33. The zero-order chi connectivity index (χ0) is 22.3. The summed E-state index contributed by atoms with van der Waals surface area (Å²) < 4.78 is 6.90. The molecule has 166 valence electrons. The Kier molecular flexibility index (Phi) is 7.11. The Morgan fingerprint density at radius 3 is 2.84 bits per heavy atom. The van der Waals surface area contributed by atoms with Gasteiger partial charge in [0.1, 0.15) is 12.3 Å². The maximum atomic E-state index is 13.0. The summed E-state index contributed by atoms with van der Waals surface area (Å²) in [6.07, 6.45) is 5.16. The lowest BCUT2D eigenvalue weighted by Gasteiger charge is -2.25. The average Bonchev–Trinajstić information content (AvgIpc) is 3.48. The van der Waals surface area contributed by atoms with Crippen LogP contribution in [0.2, 0.25) is 0 Å². The first-order valence-corrected chi connectivity index (χ1v) is 11.5. The number of hydrogen-bond acceptors (Lipinski definition) is 5. The first-order valence-electron chi connectivity index (χ1n) is 10.6. The molecule has 1 N–H and O–H groups in total. The van der Waals surface area contributed by atoms with Crippen LogP contribution < -0.4 is 10.1 Å². The molecule has 0 unspecified atom stereocenters. The molecule has 0 saturated carbocycles. The van der Waals surface area contributed by atoms with Crippen LogP contribution in [0.1, 0.15) is 24.4 Å². The van der Waals surface area contributed by atoms with Gasteiger partial charge < -0.3 is 15.0 Å². The summed E-state index contributed by atoms with van der Waals surface area (Å²) in [4.78, 5) is 28.2. The Balaban J connectivity index is 1.32.